The van der Waals surface area contributed by atoms with E-state index in [9.17, 15) is 9.59 Å². The van der Waals surface area contributed by atoms with Gasteiger partial charge in [0.15, 0.2) is 4.32 Å². The minimum absolute atomic E-state index is 0.280. The van der Waals surface area contributed by atoms with E-state index >= 15 is 0 Å². The second-order valence-corrected chi connectivity index (χ2v) is 9.05. The first-order valence-electron chi connectivity index (χ1n) is 10.8. The van der Waals surface area contributed by atoms with Gasteiger partial charge in [0.05, 0.1) is 11.5 Å². The molecule has 1 saturated heterocycles. The predicted octanol–water partition coefficient (Wildman–Crippen LogP) is 5.37. The maximum absolute atomic E-state index is 12.7. The van der Waals surface area contributed by atoms with E-state index in [1.54, 1.807) is 18.2 Å². The average Bonchev–Trinajstić information content (AvgIpc) is 3.07. The molecule has 0 atom stereocenters. The van der Waals surface area contributed by atoms with Gasteiger partial charge in [0, 0.05) is 18.0 Å². The van der Waals surface area contributed by atoms with Gasteiger partial charge in [-0.25, -0.2) is 0 Å². The number of carbonyl (C=O) groups is 2. The standard InChI is InChI=1S/C24H27N3O3S2/c1-2-3-4-5-6-7-16-30-20-10-8-18(9-11-20)17-21-23(29)27(24(31)32-21)26-22(28)19-12-14-25-15-13-19/h8-15,17H,2-7,16H2,1H3,(H,26,28). The molecule has 2 amide bonds. The highest BCUT2D eigenvalue weighted by molar-refractivity contribution is 8.26. The van der Waals surface area contributed by atoms with E-state index in [2.05, 4.69) is 17.3 Å². The molecule has 32 heavy (non-hydrogen) atoms. The number of carbonyl (C=O) groups excluding carboxylic acids is 2. The fourth-order valence-electron chi connectivity index (χ4n) is 3.12. The van der Waals surface area contributed by atoms with Gasteiger partial charge < -0.3 is 4.74 Å². The number of aromatic nitrogens is 1. The summed E-state index contributed by atoms with van der Waals surface area (Å²) in [5.74, 6) is 0.0375. The third kappa shape index (κ3) is 6.90. The van der Waals surface area contributed by atoms with E-state index < -0.39 is 5.91 Å². The van der Waals surface area contributed by atoms with E-state index in [1.165, 1.54) is 44.5 Å². The topological polar surface area (TPSA) is 71.5 Å². The van der Waals surface area contributed by atoms with Crippen LogP contribution in [0.3, 0.4) is 0 Å². The van der Waals surface area contributed by atoms with Gasteiger partial charge in [-0.3, -0.25) is 20.0 Å². The molecule has 6 nitrogen and oxygen atoms in total. The van der Waals surface area contributed by atoms with Crippen LogP contribution in [0.2, 0.25) is 0 Å². The number of hydrogen-bond acceptors (Lipinski definition) is 6. The third-order valence-electron chi connectivity index (χ3n) is 4.89. The highest BCUT2D eigenvalue weighted by atomic mass is 32.2. The summed E-state index contributed by atoms with van der Waals surface area (Å²) < 4.78 is 6.08. The first-order valence-corrected chi connectivity index (χ1v) is 12.0. The number of nitrogens with one attached hydrogen (secondary N) is 1. The Morgan fingerprint density at radius 3 is 2.50 bits per heavy atom. The van der Waals surface area contributed by atoms with Crippen LogP contribution < -0.4 is 10.2 Å². The molecule has 8 heteroatoms. The second kappa shape index (κ2) is 12.4. The van der Waals surface area contributed by atoms with Crippen molar-refractivity contribution >= 4 is 46.2 Å². The Kier molecular flexibility index (Phi) is 9.25. The van der Waals surface area contributed by atoms with Crippen molar-refractivity contribution in [3.63, 3.8) is 0 Å². The van der Waals surface area contributed by atoms with Crippen molar-refractivity contribution in [2.24, 2.45) is 0 Å². The van der Waals surface area contributed by atoms with Gasteiger partial charge >= 0.3 is 0 Å². The van der Waals surface area contributed by atoms with Crippen LogP contribution in [0.25, 0.3) is 6.08 Å². The van der Waals surface area contributed by atoms with Crippen molar-refractivity contribution in [1.82, 2.24) is 15.4 Å². The molecule has 2 heterocycles. The lowest BCUT2D eigenvalue weighted by Gasteiger charge is -2.15. The van der Waals surface area contributed by atoms with Gasteiger partial charge in [-0.05, 0) is 54.5 Å². The number of rotatable bonds is 11. The Labute approximate surface area is 198 Å². The van der Waals surface area contributed by atoms with Gasteiger partial charge in [0.25, 0.3) is 11.8 Å². The lowest BCUT2D eigenvalue weighted by molar-refractivity contribution is -0.123. The van der Waals surface area contributed by atoms with Gasteiger partial charge in [-0.2, -0.15) is 5.01 Å². The molecule has 168 valence electrons. The third-order valence-corrected chi connectivity index (χ3v) is 6.20. The number of amides is 2. The fourth-order valence-corrected chi connectivity index (χ4v) is 4.30. The van der Waals surface area contributed by atoms with Crippen molar-refractivity contribution < 1.29 is 14.3 Å². The maximum atomic E-state index is 12.7. The van der Waals surface area contributed by atoms with Crippen LogP contribution in [0.5, 0.6) is 5.75 Å². The zero-order valence-electron chi connectivity index (χ0n) is 18.1. The summed E-state index contributed by atoms with van der Waals surface area (Å²) >= 11 is 6.43. The molecule has 1 N–H and O–H groups in total. The predicted molar refractivity (Wildman–Crippen MR) is 132 cm³/mol. The summed E-state index contributed by atoms with van der Waals surface area (Å²) in [5, 5.41) is 1.10. The molecule has 0 spiro atoms. The molecule has 0 bridgehead atoms. The molecule has 1 aliphatic heterocycles. The summed E-state index contributed by atoms with van der Waals surface area (Å²) in [6, 6.07) is 10.7. The molecule has 1 aliphatic rings. The summed E-state index contributed by atoms with van der Waals surface area (Å²) in [6.07, 6.45) is 12.2. The number of nitrogens with zero attached hydrogens (tertiary/aromatic N) is 2. The molecular weight excluding hydrogens is 442 g/mol. The molecule has 0 radical (unpaired) electrons. The zero-order chi connectivity index (χ0) is 22.8. The van der Waals surface area contributed by atoms with Crippen LogP contribution in [-0.4, -0.2) is 32.7 Å². The van der Waals surface area contributed by atoms with Gasteiger partial charge in [-0.1, -0.05) is 62.9 Å². The average molecular weight is 470 g/mol. The molecule has 2 aromatic rings. The lowest BCUT2D eigenvalue weighted by atomic mass is 10.1. The molecule has 0 aliphatic carbocycles. The van der Waals surface area contributed by atoms with Gasteiger partial charge in [0.1, 0.15) is 5.75 Å². The minimum atomic E-state index is -0.420. The Morgan fingerprint density at radius 2 is 1.78 bits per heavy atom. The zero-order valence-corrected chi connectivity index (χ0v) is 19.7. The van der Waals surface area contributed by atoms with E-state index in [-0.39, 0.29) is 10.2 Å². The quantitative estimate of drug-likeness (QED) is 0.271. The number of pyridine rings is 1. The lowest BCUT2D eigenvalue weighted by Crippen LogP contribution is -2.44. The molecule has 3 rings (SSSR count). The van der Waals surface area contributed by atoms with Crippen molar-refractivity contribution in [3.05, 3.63) is 64.8 Å². The van der Waals surface area contributed by atoms with Crippen LogP contribution in [0.15, 0.2) is 53.7 Å². The monoisotopic (exact) mass is 469 g/mol. The van der Waals surface area contributed by atoms with Crippen LogP contribution in [0.4, 0.5) is 0 Å². The highest BCUT2D eigenvalue weighted by Crippen LogP contribution is 2.31. The van der Waals surface area contributed by atoms with Crippen molar-refractivity contribution in [1.29, 1.82) is 0 Å². The van der Waals surface area contributed by atoms with Crippen molar-refractivity contribution in [2.45, 2.75) is 45.4 Å². The Hall–Kier alpha value is -2.71. The van der Waals surface area contributed by atoms with Crippen molar-refractivity contribution in [3.8, 4) is 5.75 Å². The van der Waals surface area contributed by atoms with E-state index in [0.717, 1.165) is 34.5 Å². The Morgan fingerprint density at radius 1 is 1.09 bits per heavy atom. The second-order valence-electron chi connectivity index (χ2n) is 7.38. The molecule has 1 aromatic carbocycles. The minimum Gasteiger partial charge on any atom is -0.494 e. The molecule has 1 aromatic heterocycles. The summed E-state index contributed by atoms with van der Waals surface area (Å²) in [5.41, 5.74) is 3.82. The number of hydrazine groups is 1. The van der Waals surface area contributed by atoms with E-state index in [4.69, 9.17) is 17.0 Å². The van der Waals surface area contributed by atoms with Crippen LogP contribution in [0.1, 0.15) is 61.4 Å². The number of unbranched alkanes of at least 4 members (excludes halogenated alkanes) is 5. The summed E-state index contributed by atoms with van der Waals surface area (Å²) in [7, 11) is 0. The first-order chi connectivity index (χ1) is 15.6. The fraction of sp³-hybridized carbons (Fsp3) is 0.333. The normalized spacial score (nSPS) is 14.8. The number of hydrogen-bond donors (Lipinski definition) is 1. The molecule has 0 unspecified atom stereocenters. The van der Waals surface area contributed by atoms with Crippen molar-refractivity contribution in [2.75, 3.05) is 6.61 Å². The first kappa shape index (κ1) is 23.9. The molecule has 0 saturated carbocycles. The maximum Gasteiger partial charge on any atom is 0.285 e. The number of thiocarbonyl (C=S) groups is 1. The van der Waals surface area contributed by atoms with Gasteiger partial charge in [-0.15, -0.1) is 0 Å². The largest absolute Gasteiger partial charge is 0.494 e. The smallest absolute Gasteiger partial charge is 0.285 e. The summed E-state index contributed by atoms with van der Waals surface area (Å²) in [6.45, 7) is 2.93. The van der Waals surface area contributed by atoms with Gasteiger partial charge in [0.2, 0.25) is 0 Å². The van der Waals surface area contributed by atoms with Crippen LogP contribution in [0, 0.1) is 0 Å². The molecular formula is C24H27N3O3S2. The number of benzene rings is 1. The van der Waals surface area contributed by atoms with Crippen LogP contribution in [-0.2, 0) is 4.79 Å². The Balaban J connectivity index is 1.51. The SMILES string of the molecule is CCCCCCCCOc1ccc(C=C2SC(=S)N(NC(=O)c3ccncc3)C2=O)cc1. The molecule has 1 fully saturated rings. The van der Waals surface area contributed by atoms with E-state index in [1.807, 2.05) is 24.3 Å². The summed E-state index contributed by atoms with van der Waals surface area (Å²) in [4.78, 5) is 29.4. The number of thioether (sulfide) groups is 1. The van der Waals surface area contributed by atoms with E-state index in [0.29, 0.717) is 17.1 Å². The Bertz CT molecular complexity index is 962. The van der Waals surface area contributed by atoms with Crippen LogP contribution >= 0.6 is 24.0 Å². The highest BCUT2D eigenvalue weighted by Gasteiger charge is 2.33. The number of ether oxygens (including phenoxy) is 1.